The number of ether oxygens (including phenoxy) is 1. The molecule has 1 saturated heterocycles. The molecule has 1 aromatic rings. The van der Waals surface area contributed by atoms with Crippen molar-refractivity contribution in [3.05, 3.63) is 52.2 Å². The van der Waals surface area contributed by atoms with Crippen LogP contribution in [0.2, 0.25) is 5.02 Å². The Hall–Kier alpha value is -2.07. The van der Waals surface area contributed by atoms with Crippen LogP contribution in [0, 0.1) is 5.92 Å². The van der Waals surface area contributed by atoms with Gasteiger partial charge in [-0.1, -0.05) is 29.3 Å². The molecule has 4 rings (SSSR count). The molecular formula is C22H25ClN2O2. The molecule has 1 atom stereocenters. The largest absolute Gasteiger partial charge is 0.450 e. The Bertz CT molecular complexity index is 831. The maximum atomic E-state index is 12.0. The topological polar surface area (TPSA) is 41.9 Å². The highest BCUT2D eigenvalue weighted by atomic mass is 35.5. The third-order valence-corrected chi connectivity index (χ3v) is 5.96. The maximum Gasteiger partial charge on any atom is 0.409 e. The lowest BCUT2D eigenvalue weighted by atomic mass is 9.84. The Morgan fingerprint density at radius 3 is 2.89 bits per heavy atom. The van der Waals surface area contributed by atoms with Crippen molar-refractivity contribution in [1.29, 1.82) is 0 Å². The van der Waals surface area contributed by atoms with Gasteiger partial charge >= 0.3 is 6.09 Å². The van der Waals surface area contributed by atoms with Crippen LogP contribution in [-0.4, -0.2) is 36.4 Å². The highest BCUT2D eigenvalue weighted by Gasteiger charge is 2.31. The quantitative estimate of drug-likeness (QED) is 0.662. The van der Waals surface area contributed by atoms with E-state index in [1.807, 2.05) is 24.1 Å². The van der Waals surface area contributed by atoms with Crippen LogP contribution in [0.15, 0.2) is 41.0 Å². The van der Waals surface area contributed by atoms with Crippen molar-refractivity contribution in [3.8, 4) is 0 Å². The van der Waals surface area contributed by atoms with Crippen LogP contribution in [0.1, 0.15) is 43.7 Å². The van der Waals surface area contributed by atoms with E-state index in [1.165, 1.54) is 28.0 Å². The third kappa shape index (κ3) is 3.68. The van der Waals surface area contributed by atoms with Crippen LogP contribution in [0.25, 0.3) is 5.57 Å². The molecule has 0 aromatic heterocycles. The Kier molecular flexibility index (Phi) is 5.35. The van der Waals surface area contributed by atoms with Gasteiger partial charge in [-0.3, -0.25) is 4.99 Å². The first-order valence-corrected chi connectivity index (χ1v) is 10.2. The molecule has 1 aromatic carbocycles. The number of carbonyl (C=O) groups excluding carboxylic acids is 1. The van der Waals surface area contributed by atoms with Gasteiger partial charge in [-0.2, -0.15) is 0 Å². The summed E-state index contributed by atoms with van der Waals surface area (Å²) in [5, 5.41) is 0.792. The van der Waals surface area contributed by atoms with E-state index < -0.39 is 0 Å². The monoisotopic (exact) mass is 384 g/mol. The van der Waals surface area contributed by atoms with Gasteiger partial charge in [0.25, 0.3) is 0 Å². The SMILES string of the molecule is CCOC(=O)N1CCC(=C2C3=NC=CCC3CCc3cc(Cl)ccc32)CC1. The minimum absolute atomic E-state index is 0.203. The van der Waals surface area contributed by atoms with Crippen LogP contribution in [0.4, 0.5) is 4.79 Å². The van der Waals surface area contributed by atoms with E-state index in [4.69, 9.17) is 21.3 Å². The van der Waals surface area contributed by atoms with Crippen molar-refractivity contribution in [2.75, 3.05) is 19.7 Å². The molecule has 1 amide bonds. The van der Waals surface area contributed by atoms with Gasteiger partial charge in [0.05, 0.1) is 12.3 Å². The molecule has 2 aliphatic heterocycles. The van der Waals surface area contributed by atoms with Crippen molar-refractivity contribution >= 4 is 29.0 Å². The average Bonchev–Trinajstić information content (AvgIpc) is 2.85. The zero-order valence-corrected chi connectivity index (χ0v) is 16.5. The number of piperidine rings is 1. The molecule has 1 aliphatic carbocycles. The minimum Gasteiger partial charge on any atom is -0.450 e. The van der Waals surface area contributed by atoms with Gasteiger partial charge in [-0.15, -0.1) is 0 Å². The number of hydrogen-bond donors (Lipinski definition) is 0. The zero-order chi connectivity index (χ0) is 18.8. The number of benzene rings is 1. The summed E-state index contributed by atoms with van der Waals surface area (Å²) in [6.45, 7) is 3.67. The van der Waals surface area contributed by atoms with Crippen LogP contribution in [0.5, 0.6) is 0 Å². The highest BCUT2D eigenvalue weighted by molar-refractivity contribution is 6.31. The number of aryl methyl sites for hydroxylation is 1. The Labute approximate surface area is 165 Å². The first-order chi connectivity index (χ1) is 13.2. The molecule has 142 valence electrons. The molecule has 5 heteroatoms. The fourth-order valence-corrected chi connectivity index (χ4v) is 4.57. The summed E-state index contributed by atoms with van der Waals surface area (Å²) >= 11 is 6.28. The molecule has 4 nitrogen and oxygen atoms in total. The molecule has 0 spiro atoms. The summed E-state index contributed by atoms with van der Waals surface area (Å²) in [6, 6.07) is 6.24. The fraction of sp³-hybridized carbons (Fsp3) is 0.455. The lowest BCUT2D eigenvalue weighted by molar-refractivity contribution is 0.104. The van der Waals surface area contributed by atoms with E-state index in [0.29, 0.717) is 25.6 Å². The van der Waals surface area contributed by atoms with Gasteiger partial charge in [-0.25, -0.2) is 4.79 Å². The van der Waals surface area contributed by atoms with Crippen molar-refractivity contribution in [3.63, 3.8) is 0 Å². The summed E-state index contributed by atoms with van der Waals surface area (Å²) in [6.07, 6.45) is 8.82. The van der Waals surface area contributed by atoms with Gasteiger partial charge in [0, 0.05) is 35.8 Å². The van der Waals surface area contributed by atoms with E-state index in [1.54, 1.807) is 0 Å². The van der Waals surface area contributed by atoms with Crippen molar-refractivity contribution in [2.45, 2.75) is 39.0 Å². The number of nitrogens with zero attached hydrogens (tertiary/aromatic N) is 2. The van der Waals surface area contributed by atoms with Crippen LogP contribution in [0.3, 0.4) is 0 Å². The fourth-order valence-electron chi connectivity index (χ4n) is 4.37. The second-order valence-electron chi connectivity index (χ2n) is 7.34. The van der Waals surface area contributed by atoms with E-state index in [0.717, 1.165) is 37.1 Å². The number of aliphatic imine (C=N–C) groups is 1. The Morgan fingerprint density at radius 1 is 1.30 bits per heavy atom. The summed E-state index contributed by atoms with van der Waals surface area (Å²) in [4.78, 5) is 18.7. The number of hydrogen-bond acceptors (Lipinski definition) is 3. The summed E-state index contributed by atoms with van der Waals surface area (Å²) < 4.78 is 5.16. The molecule has 3 aliphatic rings. The van der Waals surface area contributed by atoms with Gasteiger partial charge in [0.15, 0.2) is 0 Å². The number of allylic oxidation sites excluding steroid dienone is 2. The first kappa shape index (κ1) is 18.3. The van der Waals surface area contributed by atoms with Crippen molar-refractivity contribution in [1.82, 2.24) is 4.90 Å². The Morgan fingerprint density at radius 2 is 2.11 bits per heavy atom. The lowest BCUT2D eigenvalue weighted by Crippen LogP contribution is -2.37. The smallest absolute Gasteiger partial charge is 0.409 e. The van der Waals surface area contributed by atoms with E-state index >= 15 is 0 Å². The normalized spacial score (nSPS) is 21.9. The third-order valence-electron chi connectivity index (χ3n) is 5.73. The predicted molar refractivity (Wildman–Crippen MR) is 109 cm³/mol. The second-order valence-corrected chi connectivity index (χ2v) is 7.77. The maximum absolute atomic E-state index is 12.0. The molecule has 0 N–H and O–H groups in total. The number of amides is 1. The average molecular weight is 385 g/mol. The molecule has 2 heterocycles. The Balaban J connectivity index is 1.72. The van der Waals surface area contributed by atoms with Crippen LogP contribution >= 0.6 is 11.6 Å². The standard InChI is InChI=1S/C22H25ClN2O2/c1-2-27-22(26)25-12-9-15(10-13-25)20-19-8-7-18(23)14-17(19)6-5-16-4-3-11-24-21(16)20/h3,7-8,11,14,16H,2,4-6,9-10,12-13H2,1H3. The number of carbonyl (C=O) groups is 1. The first-order valence-electron chi connectivity index (χ1n) is 9.83. The lowest BCUT2D eigenvalue weighted by Gasteiger charge is -2.30. The molecule has 0 radical (unpaired) electrons. The van der Waals surface area contributed by atoms with E-state index in [-0.39, 0.29) is 6.09 Å². The molecule has 1 unspecified atom stereocenters. The number of fused-ring (bicyclic) bond motifs is 2. The summed E-state index contributed by atoms with van der Waals surface area (Å²) in [7, 11) is 0. The van der Waals surface area contributed by atoms with Gasteiger partial charge in [0.2, 0.25) is 0 Å². The molecular weight excluding hydrogens is 360 g/mol. The van der Waals surface area contributed by atoms with Crippen LogP contribution in [-0.2, 0) is 11.2 Å². The van der Waals surface area contributed by atoms with Gasteiger partial charge in [0.1, 0.15) is 0 Å². The minimum atomic E-state index is -0.203. The summed E-state index contributed by atoms with van der Waals surface area (Å²) in [5.74, 6) is 0.465. The molecule has 0 bridgehead atoms. The van der Waals surface area contributed by atoms with Crippen molar-refractivity contribution < 1.29 is 9.53 Å². The second kappa shape index (κ2) is 7.89. The van der Waals surface area contributed by atoms with E-state index in [9.17, 15) is 4.79 Å². The number of likely N-dealkylation sites (tertiary alicyclic amines) is 1. The number of halogens is 1. The molecule has 27 heavy (non-hydrogen) atoms. The predicted octanol–water partition coefficient (Wildman–Crippen LogP) is 5.27. The van der Waals surface area contributed by atoms with Crippen LogP contribution < -0.4 is 0 Å². The van der Waals surface area contributed by atoms with Gasteiger partial charge in [-0.05, 0) is 62.3 Å². The number of rotatable bonds is 1. The van der Waals surface area contributed by atoms with E-state index in [2.05, 4.69) is 18.2 Å². The zero-order valence-electron chi connectivity index (χ0n) is 15.7. The van der Waals surface area contributed by atoms with Gasteiger partial charge < -0.3 is 9.64 Å². The molecule has 1 fully saturated rings. The molecule has 0 saturated carbocycles. The highest BCUT2D eigenvalue weighted by Crippen LogP contribution is 2.39. The summed E-state index contributed by atoms with van der Waals surface area (Å²) in [5.41, 5.74) is 6.51. The van der Waals surface area contributed by atoms with Crippen molar-refractivity contribution in [2.24, 2.45) is 10.9 Å².